The van der Waals surface area contributed by atoms with Gasteiger partial charge in [0.1, 0.15) is 17.5 Å². The van der Waals surface area contributed by atoms with E-state index in [1.807, 2.05) is 0 Å². The number of halogens is 1. The Balaban J connectivity index is 1.66. The van der Waals surface area contributed by atoms with Crippen molar-refractivity contribution in [3.63, 3.8) is 0 Å². The molecule has 6 nitrogen and oxygen atoms in total. The van der Waals surface area contributed by atoms with E-state index in [1.54, 1.807) is 24.3 Å². The summed E-state index contributed by atoms with van der Waals surface area (Å²) < 4.78 is 24.8. The Morgan fingerprint density at radius 2 is 1.85 bits per heavy atom. The zero-order valence-corrected chi connectivity index (χ0v) is 18.7. The summed E-state index contributed by atoms with van der Waals surface area (Å²) in [5.41, 5.74) is 0.876. The fraction of sp³-hybridized carbons (Fsp3) is 0.423. The highest BCUT2D eigenvalue weighted by molar-refractivity contribution is 6.44. The van der Waals surface area contributed by atoms with E-state index in [-0.39, 0.29) is 18.2 Å². The molecule has 2 aromatic rings. The highest BCUT2D eigenvalue weighted by atomic mass is 19.1. The molecule has 174 valence electrons. The van der Waals surface area contributed by atoms with Crippen LogP contribution >= 0.6 is 0 Å². The largest absolute Gasteiger partial charge is 0.494 e. The lowest BCUT2D eigenvalue weighted by Gasteiger charge is -2.29. The summed E-state index contributed by atoms with van der Waals surface area (Å²) in [5.74, 6) is -2.90. The fourth-order valence-corrected chi connectivity index (χ4v) is 4.45. The molecular weight excluding hydrogens is 425 g/mol. The van der Waals surface area contributed by atoms with E-state index in [1.165, 1.54) is 29.2 Å². The molecule has 0 N–H and O–H groups in total. The smallest absolute Gasteiger partial charge is 0.291 e. The first-order chi connectivity index (χ1) is 16.0. The summed E-state index contributed by atoms with van der Waals surface area (Å²) in [5, 5.41) is 0. The van der Waals surface area contributed by atoms with Crippen molar-refractivity contribution < 1.29 is 28.2 Å². The number of ketones is 2. The number of carbonyl (C=O) groups is 3. The highest BCUT2D eigenvalue weighted by Crippen LogP contribution is 2.39. The van der Waals surface area contributed by atoms with Crippen LogP contribution < -0.4 is 4.74 Å². The fourth-order valence-electron chi connectivity index (χ4n) is 4.45. The lowest BCUT2D eigenvalue weighted by atomic mass is 9.86. The summed E-state index contributed by atoms with van der Waals surface area (Å²) in [6.07, 6.45) is 3.49. The number of hydrogen-bond donors (Lipinski definition) is 0. The van der Waals surface area contributed by atoms with Crippen molar-refractivity contribution in [2.45, 2.75) is 44.8 Å². The van der Waals surface area contributed by atoms with Crippen molar-refractivity contribution >= 4 is 17.5 Å². The van der Waals surface area contributed by atoms with E-state index in [2.05, 4.69) is 6.92 Å². The molecule has 0 aromatic heterocycles. The number of amides is 1. The molecule has 2 saturated heterocycles. The van der Waals surface area contributed by atoms with E-state index in [4.69, 9.17) is 9.47 Å². The quantitative estimate of drug-likeness (QED) is 0.247. The van der Waals surface area contributed by atoms with Crippen LogP contribution in [0, 0.1) is 11.7 Å². The van der Waals surface area contributed by atoms with Gasteiger partial charge in [0.25, 0.3) is 5.91 Å². The van der Waals surface area contributed by atoms with Gasteiger partial charge in [0.2, 0.25) is 5.78 Å². The monoisotopic (exact) mass is 453 g/mol. The first kappa shape index (κ1) is 23.1. The maximum atomic E-state index is 13.4. The van der Waals surface area contributed by atoms with Gasteiger partial charge in [-0.05, 0) is 61.2 Å². The van der Waals surface area contributed by atoms with Crippen LogP contribution in [0.1, 0.15) is 54.6 Å². The normalized spacial score (nSPS) is 22.7. The molecule has 2 fully saturated rings. The van der Waals surface area contributed by atoms with E-state index in [9.17, 15) is 18.8 Å². The maximum absolute atomic E-state index is 13.4. The van der Waals surface area contributed by atoms with Crippen LogP contribution in [0.3, 0.4) is 0 Å². The molecule has 3 unspecified atom stereocenters. The first-order valence-corrected chi connectivity index (χ1v) is 11.5. The summed E-state index contributed by atoms with van der Waals surface area (Å²) in [6, 6.07) is 11.5. The zero-order chi connectivity index (χ0) is 23.4. The second-order valence-electron chi connectivity index (χ2n) is 8.52. The standard InChI is InChI=1S/C26H28FNO5/c1-2-3-14-32-20-12-8-17(9-13-20)23-22(24(29)18-6-10-19(27)11-7-18)25(30)26(31)28(23)16-21-5-4-15-33-21/h6-13,21-23H,2-5,14-16H2,1H3. The van der Waals surface area contributed by atoms with Gasteiger partial charge in [-0.3, -0.25) is 14.4 Å². The Kier molecular flexibility index (Phi) is 7.18. The minimum atomic E-state index is -1.20. The Hall–Kier alpha value is -3.06. The average Bonchev–Trinajstić information content (AvgIpc) is 3.42. The first-order valence-electron chi connectivity index (χ1n) is 11.5. The zero-order valence-electron chi connectivity index (χ0n) is 18.7. The molecule has 0 bridgehead atoms. The van der Waals surface area contributed by atoms with Crippen LogP contribution in [0.4, 0.5) is 4.39 Å². The van der Waals surface area contributed by atoms with Crippen LogP contribution in [0.2, 0.25) is 0 Å². The Bertz CT molecular complexity index is 998. The number of ether oxygens (including phenoxy) is 2. The summed E-state index contributed by atoms with van der Waals surface area (Å²) in [7, 11) is 0. The highest BCUT2D eigenvalue weighted by Gasteiger charge is 2.52. The second-order valence-corrected chi connectivity index (χ2v) is 8.52. The van der Waals surface area contributed by atoms with Crippen LogP contribution in [-0.4, -0.2) is 48.2 Å². The predicted octanol–water partition coefficient (Wildman–Crippen LogP) is 4.14. The molecule has 2 aliphatic heterocycles. The molecule has 1 amide bonds. The van der Waals surface area contributed by atoms with Crippen molar-refractivity contribution in [1.82, 2.24) is 4.90 Å². The number of unbranched alkanes of at least 4 members (excludes halogenated alkanes) is 1. The van der Waals surface area contributed by atoms with Gasteiger partial charge in [-0.25, -0.2) is 4.39 Å². The third-order valence-electron chi connectivity index (χ3n) is 6.23. The Morgan fingerprint density at radius 1 is 1.12 bits per heavy atom. The van der Waals surface area contributed by atoms with Crippen molar-refractivity contribution in [2.75, 3.05) is 19.8 Å². The molecular formula is C26H28FNO5. The van der Waals surface area contributed by atoms with Gasteiger partial charge in [0, 0.05) is 18.7 Å². The molecule has 2 heterocycles. The Labute approximate surface area is 192 Å². The van der Waals surface area contributed by atoms with Crippen molar-refractivity contribution in [3.05, 3.63) is 65.5 Å². The minimum Gasteiger partial charge on any atom is -0.494 e. The number of likely N-dealkylation sites (tertiary alicyclic amines) is 1. The van der Waals surface area contributed by atoms with Gasteiger partial charge in [-0.1, -0.05) is 25.5 Å². The van der Waals surface area contributed by atoms with Crippen LogP contribution in [-0.2, 0) is 14.3 Å². The van der Waals surface area contributed by atoms with Crippen molar-refractivity contribution in [1.29, 1.82) is 0 Å². The number of Topliss-reactive ketones (excluding diaryl/α,β-unsaturated/α-hetero) is 2. The van der Waals surface area contributed by atoms with Gasteiger partial charge in [0.05, 0.1) is 18.8 Å². The maximum Gasteiger partial charge on any atom is 0.291 e. The van der Waals surface area contributed by atoms with Crippen molar-refractivity contribution in [3.8, 4) is 5.75 Å². The summed E-state index contributed by atoms with van der Waals surface area (Å²) in [4.78, 5) is 40.9. The van der Waals surface area contributed by atoms with E-state index in [0.717, 1.165) is 25.7 Å². The molecule has 33 heavy (non-hydrogen) atoms. The van der Waals surface area contributed by atoms with Gasteiger partial charge in [-0.2, -0.15) is 0 Å². The van der Waals surface area contributed by atoms with Gasteiger partial charge >= 0.3 is 0 Å². The molecule has 7 heteroatoms. The van der Waals surface area contributed by atoms with Crippen molar-refractivity contribution in [2.24, 2.45) is 5.92 Å². The molecule has 0 radical (unpaired) electrons. The van der Waals surface area contributed by atoms with Gasteiger partial charge < -0.3 is 14.4 Å². The third kappa shape index (κ3) is 4.98. The number of hydrogen-bond acceptors (Lipinski definition) is 5. The van der Waals surface area contributed by atoms with Crippen LogP contribution in [0.5, 0.6) is 5.75 Å². The Morgan fingerprint density at radius 3 is 2.48 bits per heavy atom. The molecule has 2 aliphatic rings. The molecule has 0 aliphatic carbocycles. The minimum absolute atomic E-state index is 0.166. The van der Waals surface area contributed by atoms with E-state index >= 15 is 0 Å². The van der Waals surface area contributed by atoms with Gasteiger partial charge in [-0.15, -0.1) is 0 Å². The predicted molar refractivity (Wildman–Crippen MR) is 120 cm³/mol. The molecule has 0 saturated carbocycles. The van der Waals surface area contributed by atoms with E-state index < -0.39 is 35.3 Å². The summed E-state index contributed by atoms with van der Waals surface area (Å²) in [6.45, 7) is 3.55. The lowest BCUT2D eigenvalue weighted by molar-refractivity contribution is -0.141. The molecule has 3 atom stereocenters. The summed E-state index contributed by atoms with van der Waals surface area (Å²) >= 11 is 0. The SMILES string of the molecule is CCCCOc1ccc(C2C(C(=O)c3ccc(F)cc3)C(=O)C(=O)N2CC2CCCO2)cc1. The molecule has 4 rings (SSSR count). The molecule has 2 aromatic carbocycles. The second kappa shape index (κ2) is 10.3. The van der Waals surface area contributed by atoms with Crippen LogP contribution in [0.25, 0.3) is 0 Å². The third-order valence-corrected chi connectivity index (χ3v) is 6.23. The topological polar surface area (TPSA) is 72.9 Å². The number of benzene rings is 2. The van der Waals surface area contributed by atoms with E-state index in [0.29, 0.717) is 24.5 Å². The average molecular weight is 454 g/mol. The van der Waals surface area contributed by atoms with Gasteiger partial charge in [0.15, 0.2) is 5.78 Å². The number of rotatable bonds is 9. The number of carbonyl (C=O) groups excluding carboxylic acids is 3. The lowest BCUT2D eigenvalue weighted by Crippen LogP contribution is -2.36. The van der Waals surface area contributed by atoms with Crippen LogP contribution in [0.15, 0.2) is 48.5 Å². The molecule has 0 spiro atoms. The number of nitrogens with zero attached hydrogens (tertiary/aromatic N) is 1.